The molecule has 0 amide bonds. The summed E-state index contributed by atoms with van der Waals surface area (Å²) in [4.78, 5) is 11.1. The zero-order valence-corrected chi connectivity index (χ0v) is 10.4. The van der Waals surface area contributed by atoms with Crippen LogP contribution in [-0.4, -0.2) is 22.8 Å². The molecule has 0 spiro atoms. The van der Waals surface area contributed by atoms with Crippen molar-refractivity contribution in [1.29, 1.82) is 0 Å². The molecule has 0 saturated heterocycles. The first-order chi connectivity index (χ1) is 7.97. The minimum Gasteiger partial charge on any atom is -0.495 e. The molecule has 0 aliphatic rings. The number of methoxy groups -OCH3 is 1. The van der Waals surface area contributed by atoms with Crippen LogP contribution in [-0.2, 0) is 7.05 Å². The molecule has 0 atom stereocenters. The molecule has 4 heteroatoms. The Morgan fingerprint density at radius 3 is 2.53 bits per heavy atom. The van der Waals surface area contributed by atoms with Gasteiger partial charge in [-0.05, 0) is 31.5 Å². The topological polar surface area (TPSA) is 51.5 Å². The minimum absolute atomic E-state index is 0.253. The summed E-state index contributed by atoms with van der Waals surface area (Å²) in [6.07, 6.45) is 0. The summed E-state index contributed by atoms with van der Waals surface area (Å²) in [6.45, 7) is 4.00. The monoisotopic (exact) mass is 233 g/mol. The van der Waals surface area contributed by atoms with Crippen molar-refractivity contribution < 1.29 is 14.6 Å². The third kappa shape index (κ3) is 1.56. The molecule has 0 aliphatic heterocycles. The Balaban J connectivity index is 2.92. The summed E-state index contributed by atoms with van der Waals surface area (Å²) >= 11 is 0. The first-order valence-corrected chi connectivity index (χ1v) is 5.34. The van der Waals surface area contributed by atoms with E-state index in [-0.39, 0.29) is 5.56 Å². The lowest BCUT2D eigenvalue weighted by molar-refractivity contribution is 0.0696. The second-order valence-corrected chi connectivity index (χ2v) is 4.15. The summed E-state index contributed by atoms with van der Waals surface area (Å²) in [6, 6.07) is 3.26. The van der Waals surface area contributed by atoms with Gasteiger partial charge in [0, 0.05) is 18.1 Å². The minimum atomic E-state index is -0.939. The molecule has 0 saturated carbocycles. The van der Waals surface area contributed by atoms with Gasteiger partial charge in [0.2, 0.25) is 0 Å². The van der Waals surface area contributed by atoms with Crippen molar-refractivity contribution in [2.75, 3.05) is 7.11 Å². The highest BCUT2D eigenvalue weighted by molar-refractivity contribution is 5.98. The quantitative estimate of drug-likeness (QED) is 0.867. The Hall–Kier alpha value is -1.97. The van der Waals surface area contributed by atoms with E-state index in [1.807, 2.05) is 25.5 Å². The van der Waals surface area contributed by atoms with Crippen molar-refractivity contribution in [3.8, 4) is 5.75 Å². The molecular weight excluding hydrogens is 218 g/mol. The van der Waals surface area contributed by atoms with Gasteiger partial charge in [0.25, 0.3) is 0 Å². The van der Waals surface area contributed by atoms with Crippen LogP contribution in [0, 0.1) is 13.8 Å². The number of hydrogen-bond donors (Lipinski definition) is 1. The van der Waals surface area contributed by atoms with Gasteiger partial charge in [0.1, 0.15) is 5.75 Å². The predicted octanol–water partition coefficient (Wildman–Crippen LogP) is 2.50. The van der Waals surface area contributed by atoms with Crippen molar-refractivity contribution in [2.45, 2.75) is 13.8 Å². The van der Waals surface area contributed by atoms with Crippen molar-refractivity contribution in [1.82, 2.24) is 4.57 Å². The van der Waals surface area contributed by atoms with Gasteiger partial charge in [-0.15, -0.1) is 0 Å². The average Bonchev–Trinajstić information content (AvgIpc) is 2.53. The van der Waals surface area contributed by atoms with Crippen LogP contribution < -0.4 is 4.74 Å². The summed E-state index contributed by atoms with van der Waals surface area (Å²) in [5.41, 5.74) is 3.39. The van der Waals surface area contributed by atoms with Gasteiger partial charge in [-0.25, -0.2) is 4.79 Å². The highest BCUT2D eigenvalue weighted by atomic mass is 16.5. The van der Waals surface area contributed by atoms with Crippen LogP contribution in [0.1, 0.15) is 21.6 Å². The number of ether oxygens (including phenoxy) is 1. The van der Waals surface area contributed by atoms with Crippen LogP contribution in [0.15, 0.2) is 12.1 Å². The molecule has 4 nitrogen and oxygen atoms in total. The van der Waals surface area contributed by atoms with E-state index >= 15 is 0 Å². The van der Waals surface area contributed by atoms with E-state index in [9.17, 15) is 4.79 Å². The Labute approximate surface area is 99.4 Å². The van der Waals surface area contributed by atoms with Crippen LogP contribution in [0.25, 0.3) is 10.9 Å². The number of carboxylic acids is 1. The normalized spacial score (nSPS) is 10.8. The van der Waals surface area contributed by atoms with E-state index in [4.69, 9.17) is 9.84 Å². The van der Waals surface area contributed by atoms with Gasteiger partial charge in [-0.2, -0.15) is 0 Å². The summed E-state index contributed by atoms with van der Waals surface area (Å²) < 4.78 is 7.31. The Kier molecular flexibility index (Phi) is 2.58. The van der Waals surface area contributed by atoms with Gasteiger partial charge in [-0.3, -0.25) is 0 Å². The smallest absolute Gasteiger partial charge is 0.335 e. The fourth-order valence-corrected chi connectivity index (χ4v) is 2.13. The number of benzene rings is 1. The van der Waals surface area contributed by atoms with E-state index < -0.39 is 5.97 Å². The molecule has 0 fully saturated rings. The maximum Gasteiger partial charge on any atom is 0.335 e. The Bertz CT molecular complexity index is 611. The maximum atomic E-state index is 11.1. The van der Waals surface area contributed by atoms with Crippen molar-refractivity contribution in [2.24, 2.45) is 7.05 Å². The maximum absolute atomic E-state index is 11.1. The third-order valence-corrected chi connectivity index (χ3v) is 3.33. The molecule has 0 unspecified atom stereocenters. The second kappa shape index (κ2) is 3.80. The zero-order valence-electron chi connectivity index (χ0n) is 10.4. The van der Waals surface area contributed by atoms with Gasteiger partial charge in [-0.1, -0.05) is 0 Å². The number of aromatic nitrogens is 1. The van der Waals surface area contributed by atoms with Crippen LogP contribution in [0.2, 0.25) is 0 Å². The van der Waals surface area contributed by atoms with Gasteiger partial charge in [0.05, 0.1) is 18.2 Å². The second-order valence-electron chi connectivity index (χ2n) is 4.15. The number of carbonyl (C=O) groups is 1. The van der Waals surface area contributed by atoms with E-state index in [1.165, 1.54) is 0 Å². The number of rotatable bonds is 2. The summed E-state index contributed by atoms with van der Waals surface area (Å²) in [5, 5.41) is 10.0. The average molecular weight is 233 g/mol. The zero-order chi connectivity index (χ0) is 12.7. The van der Waals surface area contributed by atoms with Gasteiger partial charge in [0.15, 0.2) is 0 Å². The molecule has 1 aromatic carbocycles. The van der Waals surface area contributed by atoms with E-state index in [1.54, 1.807) is 19.2 Å². The molecule has 90 valence electrons. The highest BCUT2D eigenvalue weighted by Crippen LogP contribution is 2.32. The van der Waals surface area contributed by atoms with Crippen molar-refractivity contribution in [3.63, 3.8) is 0 Å². The summed E-state index contributed by atoms with van der Waals surface area (Å²) in [5.74, 6) is -0.343. The predicted molar refractivity (Wildman–Crippen MR) is 65.9 cm³/mol. The lowest BCUT2D eigenvalue weighted by Crippen LogP contribution is -1.99. The number of aryl methyl sites for hydroxylation is 2. The fraction of sp³-hybridized carbons (Fsp3) is 0.308. The lowest BCUT2D eigenvalue weighted by atomic mass is 10.1. The summed E-state index contributed by atoms with van der Waals surface area (Å²) in [7, 11) is 3.51. The molecule has 0 bridgehead atoms. The van der Waals surface area contributed by atoms with E-state index in [2.05, 4.69) is 0 Å². The van der Waals surface area contributed by atoms with Crippen LogP contribution in [0.4, 0.5) is 0 Å². The van der Waals surface area contributed by atoms with Crippen LogP contribution in [0.3, 0.4) is 0 Å². The standard InChI is InChI=1S/C13H15NO3/c1-7-8(2)14(3)12-10(7)5-9(13(15)16)6-11(12)17-4/h5-6H,1-4H3,(H,15,16). The molecular formula is C13H15NO3. The van der Waals surface area contributed by atoms with E-state index in [0.29, 0.717) is 5.75 Å². The molecule has 1 N–H and O–H groups in total. The van der Waals surface area contributed by atoms with Crippen molar-refractivity contribution >= 4 is 16.9 Å². The molecule has 17 heavy (non-hydrogen) atoms. The number of hydrogen-bond acceptors (Lipinski definition) is 2. The first-order valence-electron chi connectivity index (χ1n) is 5.34. The SMILES string of the molecule is COc1cc(C(=O)O)cc2c(C)c(C)n(C)c12. The number of fused-ring (bicyclic) bond motifs is 1. The molecule has 2 rings (SSSR count). The molecule has 1 heterocycles. The number of carboxylic acid groups (broad SMARTS) is 1. The van der Waals surface area contributed by atoms with Gasteiger partial charge < -0.3 is 14.4 Å². The first kappa shape index (κ1) is 11.5. The molecule has 2 aromatic rings. The Morgan fingerprint density at radius 2 is 2.00 bits per heavy atom. The number of aromatic carboxylic acids is 1. The largest absolute Gasteiger partial charge is 0.495 e. The fourth-order valence-electron chi connectivity index (χ4n) is 2.13. The Morgan fingerprint density at radius 1 is 1.35 bits per heavy atom. The van der Waals surface area contributed by atoms with Crippen molar-refractivity contribution in [3.05, 3.63) is 29.0 Å². The van der Waals surface area contributed by atoms with Gasteiger partial charge >= 0.3 is 5.97 Å². The van der Waals surface area contributed by atoms with E-state index in [0.717, 1.165) is 22.2 Å². The molecule has 1 aromatic heterocycles. The van der Waals surface area contributed by atoms with Crippen LogP contribution >= 0.6 is 0 Å². The lowest BCUT2D eigenvalue weighted by Gasteiger charge is -2.07. The third-order valence-electron chi connectivity index (χ3n) is 3.33. The molecule has 0 aliphatic carbocycles. The molecule has 0 radical (unpaired) electrons. The van der Waals surface area contributed by atoms with Crippen LogP contribution in [0.5, 0.6) is 5.75 Å². The number of nitrogens with zero attached hydrogens (tertiary/aromatic N) is 1. The highest BCUT2D eigenvalue weighted by Gasteiger charge is 2.16.